The summed E-state index contributed by atoms with van der Waals surface area (Å²) in [6.07, 6.45) is 2.89. The number of ether oxygens (including phenoxy) is 1. The monoisotopic (exact) mass is 383 g/mol. The van der Waals surface area contributed by atoms with Gasteiger partial charge in [-0.15, -0.1) is 0 Å². The number of likely N-dealkylation sites (tertiary alicyclic amines) is 1. The van der Waals surface area contributed by atoms with Gasteiger partial charge >= 0.3 is 0 Å². The average molecular weight is 384 g/mol. The molecule has 1 aliphatic carbocycles. The van der Waals surface area contributed by atoms with Gasteiger partial charge in [0.15, 0.2) is 0 Å². The Balaban J connectivity index is 1.32. The quantitative estimate of drug-likeness (QED) is 0.732. The van der Waals surface area contributed by atoms with Gasteiger partial charge < -0.3 is 9.64 Å². The largest absolute Gasteiger partial charge is 0.490 e. The Morgan fingerprint density at radius 2 is 1.70 bits per heavy atom. The molecule has 2 aliphatic rings. The first-order valence-electron chi connectivity index (χ1n) is 9.80. The summed E-state index contributed by atoms with van der Waals surface area (Å²) < 4.78 is 6.27. The topological polar surface area (TPSA) is 29.5 Å². The molecular formula is C23H26ClNO2. The first-order valence-corrected chi connectivity index (χ1v) is 10.2. The highest BCUT2D eigenvalue weighted by atomic mass is 35.5. The highest BCUT2D eigenvalue weighted by molar-refractivity contribution is 6.31. The highest BCUT2D eigenvalue weighted by Crippen LogP contribution is 2.50. The van der Waals surface area contributed by atoms with E-state index in [1.807, 2.05) is 29.2 Å². The number of para-hydroxylation sites is 1. The van der Waals surface area contributed by atoms with E-state index in [-0.39, 0.29) is 23.8 Å². The Morgan fingerprint density at radius 3 is 2.37 bits per heavy atom. The van der Waals surface area contributed by atoms with E-state index in [0.717, 1.165) is 48.7 Å². The van der Waals surface area contributed by atoms with Crippen molar-refractivity contribution in [1.82, 2.24) is 4.90 Å². The minimum absolute atomic E-state index is 0.0981. The maximum Gasteiger partial charge on any atom is 0.226 e. The number of carbonyl (C=O) groups excluding carboxylic acids is 1. The van der Waals surface area contributed by atoms with Crippen molar-refractivity contribution in [3.63, 3.8) is 0 Å². The standard InChI is InChI=1S/C23H26ClNO2/c1-15-6-5-7-16(2)22(15)27-17-10-12-25(13-11-17)23(26)20-14-19(20)18-8-3-4-9-21(18)24/h3-9,17,19-20H,10-14H2,1-2H3. The van der Waals surface area contributed by atoms with E-state index in [1.165, 1.54) is 11.1 Å². The Labute approximate surface area is 166 Å². The molecule has 4 heteroatoms. The summed E-state index contributed by atoms with van der Waals surface area (Å²) in [6.45, 7) is 5.73. The SMILES string of the molecule is Cc1cccc(C)c1OC1CCN(C(=O)C2CC2c2ccccc2Cl)CC1. The van der Waals surface area contributed by atoms with E-state index in [0.29, 0.717) is 0 Å². The molecule has 1 heterocycles. The van der Waals surface area contributed by atoms with Crippen molar-refractivity contribution in [3.8, 4) is 5.75 Å². The van der Waals surface area contributed by atoms with E-state index < -0.39 is 0 Å². The summed E-state index contributed by atoms with van der Waals surface area (Å²) >= 11 is 6.30. The predicted octanol–water partition coefficient (Wildman–Crippen LogP) is 5.13. The van der Waals surface area contributed by atoms with Crippen LogP contribution >= 0.6 is 11.6 Å². The molecule has 27 heavy (non-hydrogen) atoms. The Hall–Kier alpha value is -2.00. The van der Waals surface area contributed by atoms with Crippen LogP contribution in [0.5, 0.6) is 5.75 Å². The highest BCUT2D eigenvalue weighted by Gasteiger charge is 2.46. The summed E-state index contributed by atoms with van der Waals surface area (Å²) in [5.41, 5.74) is 3.47. The van der Waals surface area contributed by atoms with Crippen molar-refractivity contribution >= 4 is 17.5 Å². The number of hydrogen-bond acceptors (Lipinski definition) is 2. The van der Waals surface area contributed by atoms with Crippen molar-refractivity contribution < 1.29 is 9.53 Å². The molecule has 1 saturated heterocycles. The maximum absolute atomic E-state index is 12.9. The van der Waals surface area contributed by atoms with Crippen LogP contribution in [0.3, 0.4) is 0 Å². The predicted molar refractivity (Wildman–Crippen MR) is 108 cm³/mol. The van der Waals surface area contributed by atoms with Crippen LogP contribution in [-0.4, -0.2) is 30.0 Å². The van der Waals surface area contributed by atoms with Gasteiger partial charge in [-0.2, -0.15) is 0 Å². The molecule has 4 rings (SSSR count). The van der Waals surface area contributed by atoms with Gasteiger partial charge in [-0.1, -0.05) is 48.0 Å². The molecule has 2 unspecified atom stereocenters. The van der Waals surface area contributed by atoms with Gasteiger partial charge in [0.2, 0.25) is 5.91 Å². The molecule has 2 aromatic carbocycles. The molecule has 0 bridgehead atoms. The fourth-order valence-corrected chi connectivity index (χ4v) is 4.44. The van der Waals surface area contributed by atoms with Crippen LogP contribution in [-0.2, 0) is 4.79 Å². The second-order valence-electron chi connectivity index (χ2n) is 7.83. The number of rotatable bonds is 4. The molecule has 1 aliphatic heterocycles. The second-order valence-corrected chi connectivity index (χ2v) is 8.24. The molecular weight excluding hydrogens is 358 g/mol. The zero-order valence-electron chi connectivity index (χ0n) is 16.0. The van der Waals surface area contributed by atoms with Crippen LogP contribution in [0.4, 0.5) is 0 Å². The molecule has 0 aromatic heterocycles. The lowest BCUT2D eigenvalue weighted by atomic mass is 10.0. The molecule has 1 amide bonds. The van der Waals surface area contributed by atoms with Gasteiger partial charge in [0.25, 0.3) is 0 Å². The van der Waals surface area contributed by atoms with Crippen LogP contribution in [0.1, 0.15) is 41.9 Å². The van der Waals surface area contributed by atoms with E-state index in [2.05, 4.69) is 32.0 Å². The fraction of sp³-hybridized carbons (Fsp3) is 0.435. The van der Waals surface area contributed by atoms with Crippen molar-refractivity contribution in [3.05, 3.63) is 64.2 Å². The lowest BCUT2D eigenvalue weighted by Crippen LogP contribution is -2.42. The van der Waals surface area contributed by atoms with Crippen molar-refractivity contribution in [1.29, 1.82) is 0 Å². The number of piperidine rings is 1. The van der Waals surface area contributed by atoms with E-state index in [1.54, 1.807) is 0 Å². The maximum atomic E-state index is 12.9. The summed E-state index contributed by atoms with van der Waals surface area (Å²) in [5, 5.41) is 0.776. The fourth-order valence-electron chi connectivity index (χ4n) is 4.17. The Morgan fingerprint density at radius 1 is 1.04 bits per heavy atom. The third-order valence-electron chi connectivity index (χ3n) is 5.86. The first kappa shape index (κ1) is 18.4. The molecule has 0 N–H and O–H groups in total. The van der Waals surface area contributed by atoms with Crippen LogP contribution in [0.2, 0.25) is 5.02 Å². The smallest absolute Gasteiger partial charge is 0.226 e. The van der Waals surface area contributed by atoms with Gasteiger partial charge in [0, 0.05) is 36.9 Å². The van der Waals surface area contributed by atoms with E-state index in [4.69, 9.17) is 16.3 Å². The summed E-state index contributed by atoms with van der Waals surface area (Å²) in [4.78, 5) is 14.9. The summed E-state index contributed by atoms with van der Waals surface area (Å²) in [7, 11) is 0. The summed E-state index contributed by atoms with van der Waals surface area (Å²) in [6, 6.07) is 14.1. The van der Waals surface area contributed by atoms with Crippen molar-refractivity contribution in [2.45, 2.75) is 45.1 Å². The number of aryl methyl sites for hydroxylation is 2. The summed E-state index contributed by atoms with van der Waals surface area (Å²) in [5.74, 6) is 1.67. The number of nitrogens with zero attached hydrogens (tertiary/aromatic N) is 1. The number of halogens is 1. The molecule has 2 fully saturated rings. The molecule has 1 saturated carbocycles. The number of carbonyl (C=O) groups is 1. The average Bonchev–Trinajstić information content (AvgIpc) is 3.46. The Kier molecular flexibility index (Phi) is 5.14. The van der Waals surface area contributed by atoms with Crippen LogP contribution in [0.25, 0.3) is 0 Å². The normalized spacial score (nSPS) is 22.6. The second kappa shape index (κ2) is 7.55. The van der Waals surface area contributed by atoms with Crippen LogP contribution in [0.15, 0.2) is 42.5 Å². The first-order chi connectivity index (χ1) is 13.0. The molecule has 3 nitrogen and oxygen atoms in total. The minimum atomic E-state index is 0.0981. The van der Waals surface area contributed by atoms with Crippen LogP contribution < -0.4 is 4.74 Å². The van der Waals surface area contributed by atoms with Gasteiger partial charge in [0.1, 0.15) is 11.9 Å². The minimum Gasteiger partial charge on any atom is -0.490 e. The number of amides is 1. The molecule has 0 spiro atoms. The zero-order valence-corrected chi connectivity index (χ0v) is 16.7. The number of benzene rings is 2. The lowest BCUT2D eigenvalue weighted by Gasteiger charge is -2.33. The van der Waals surface area contributed by atoms with Gasteiger partial charge in [-0.05, 0) is 48.9 Å². The molecule has 142 valence electrons. The lowest BCUT2D eigenvalue weighted by molar-refractivity contribution is -0.134. The van der Waals surface area contributed by atoms with Gasteiger partial charge in [-0.25, -0.2) is 0 Å². The van der Waals surface area contributed by atoms with E-state index in [9.17, 15) is 4.79 Å². The van der Waals surface area contributed by atoms with Crippen molar-refractivity contribution in [2.24, 2.45) is 5.92 Å². The molecule has 0 radical (unpaired) electrons. The number of hydrogen-bond donors (Lipinski definition) is 0. The van der Waals surface area contributed by atoms with Crippen molar-refractivity contribution in [2.75, 3.05) is 13.1 Å². The molecule has 2 aromatic rings. The van der Waals surface area contributed by atoms with Gasteiger partial charge in [0.05, 0.1) is 0 Å². The zero-order chi connectivity index (χ0) is 19.0. The third-order valence-corrected chi connectivity index (χ3v) is 6.20. The van der Waals surface area contributed by atoms with Gasteiger partial charge in [-0.3, -0.25) is 4.79 Å². The van der Waals surface area contributed by atoms with E-state index >= 15 is 0 Å². The third kappa shape index (κ3) is 3.84. The van der Waals surface area contributed by atoms with Crippen LogP contribution in [0, 0.1) is 19.8 Å². The Bertz CT molecular complexity index is 822. The molecule has 2 atom stereocenters.